The molecule has 0 aromatic carbocycles. The van der Waals surface area contributed by atoms with E-state index < -0.39 is 5.97 Å². The molecule has 0 radical (unpaired) electrons. The van der Waals surface area contributed by atoms with Crippen molar-refractivity contribution in [2.45, 2.75) is 25.4 Å². The molecule has 0 saturated carbocycles. The second-order valence-corrected chi connectivity index (χ2v) is 4.98. The number of amides is 1. The van der Waals surface area contributed by atoms with E-state index in [0.717, 1.165) is 19.5 Å². The Bertz CT molecular complexity index is 513. The number of rotatable bonds is 3. The van der Waals surface area contributed by atoms with Gasteiger partial charge in [0.25, 0.3) is 0 Å². The van der Waals surface area contributed by atoms with Crippen LogP contribution in [0.5, 0.6) is 0 Å². The van der Waals surface area contributed by atoms with Crippen molar-refractivity contribution in [3.8, 4) is 0 Å². The summed E-state index contributed by atoms with van der Waals surface area (Å²) in [5.74, 6) is -0.410. The molecular formula is C12H15N3O4. The number of aromatic nitrogens is 1. The van der Waals surface area contributed by atoms with E-state index in [2.05, 4.69) is 10.1 Å². The SMILES string of the molecule is O=C(O)c1cnoc1CN1CCN2C(=O)CCC2C1. The van der Waals surface area contributed by atoms with Crippen LogP contribution in [0.2, 0.25) is 0 Å². The highest BCUT2D eigenvalue weighted by Gasteiger charge is 2.35. The Kier molecular flexibility index (Phi) is 2.98. The summed E-state index contributed by atoms with van der Waals surface area (Å²) in [6, 6.07) is 0.262. The van der Waals surface area contributed by atoms with Crippen molar-refractivity contribution >= 4 is 11.9 Å². The summed E-state index contributed by atoms with van der Waals surface area (Å²) in [4.78, 5) is 26.6. The standard InChI is InChI=1S/C12H15N3O4/c16-11-2-1-8-6-14(3-4-15(8)11)7-10-9(12(17)18)5-13-19-10/h5,8H,1-4,6-7H2,(H,17,18). The van der Waals surface area contributed by atoms with Crippen LogP contribution in [0.15, 0.2) is 10.7 Å². The van der Waals surface area contributed by atoms with E-state index in [0.29, 0.717) is 25.3 Å². The number of carbonyl (C=O) groups excluding carboxylic acids is 1. The van der Waals surface area contributed by atoms with Crippen LogP contribution in [0.3, 0.4) is 0 Å². The Labute approximate surface area is 109 Å². The van der Waals surface area contributed by atoms with E-state index in [9.17, 15) is 9.59 Å². The third kappa shape index (κ3) is 2.21. The number of fused-ring (bicyclic) bond motifs is 1. The Morgan fingerprint density at radius 1 is 1.53 bits per heavy atom. The number of hydrogen-bond donors (Lipinski definition) is 1. The largest absolute Gasteiger partial charge is 0.478 e. The molecule has 1 N–H and O–H groups in total. The zero-order valence-corrected chi connectivity index (χ0v) is 10.4. The third-order valence-corrected chi connectivity index (χ3v) is 3.82. The van der Waals surface area contributed by atoms with Gasteiger partial charge in [0.2, 0.25) is 5.91 Å². The number of carboxylic acids is 1. The fourth-order valence-electron chi connectivity index (χ4n) is 2.83. The molecule has 2 aliphatic heterocycles. The van der Waals surface area contributed by atoms with E-state index in [1.807, 2.05) is 4.90 Å². The average molecular weight is 265 g/mol. The first-order valence-electron chi connectivity index (χ1n) is 6.34. The van der Waals surface area contributed by atoms with Gasteiger partial charge in [-0.05, 0) is 6.42 Å². The summed E-state index contributed by atoms with van der Waals surface area (Å²) in [6.45, 7) is 2.65. The Balaban J connectivity index is 1.67. The van der Waals surface area contributed by atoms with Gasteiger partial charge in [-0.25, -0.2) is 4.79 Å². The molecule has 7 nitrogen and oxygen atoms in total. The molecule has 1 aromatic heterocycles. The molecule has 0 spiro atoms. The van der Waals surface area contributed by atoms with E-state index in [1.54, 1.807) is 0 Å². The predicted molar refractivity (Wildman–Crippen MR) is 63.5 cm³/mol. The molecule has 1 unspecified atom stereocenters. The lowest BCUT2D eigenvalue weighted by Crippen LogP contribution is -2.51. The molecule has 2 fully saturated rings. The first kappa shape index (κ1) is 12.2. The van der Waals surface area contributed by atoms with Crippen molar-refractivity contribution in [2.75, 3.05) is 19.6 Å². The Morgan fingerprint density at radius 2 is 2.37 bits per heavy atom. The summed E-state index contributed by atoms with van der Waals surface area (Å²) in [5, 5.41) is 12.5. The molecule has 19 heavy (non-hydrogen) atoms. The summed E-state index contributed by atoms with van der Waals surface area (Å²) in [7, 11) is 0. The van der Waals surface area contributed by atoms with Crippen LogP contribution in [0, 0.1) is 0 Å². The minimum absolute atomic E-state index is 0.116. The molecule has 3 heterocycles. The maximum absolute atomic E-state index is 11.6. The summed E-state index contributed by atoms with van der Waals surface area (Å²) >= 11 is 0. The molecule has 2 aliphatic rings. The van der Waals surface area contributed by atoms with Gasteiger partial charge in [0.05, 0.1) is 12.7 Å². The second kappa shape index (κ2) is 4.65. The van der Waals surface area contributed by atoms with Gasteiger partial charge in [-0.3, -0.25) is 9.69 Å². The highest BCUT2D eigenvalue weighted by molar-refractivity contribution is 5.88. The van der Waals surface area contributed by atoms with Gasteiger partial charge < -0.3 is 14.5 Å². The minimum atomic E-state index is -1.02. The highest BCUT2D eigenvalue weighted by atomic mass is 16.5. The molecule has 7 heteroatoms. The molecule has 2 saturated heterocycles. The van der Waals surface area contributed by atoms with Gasteiger partial charge in [0, 0.05) is 32.1 Å². The van der Waals surface area contributed by atoms with Crippen LogP contribution < -0.4 is 0 Å². The monoisotopic (exact) mass is 265 g/mol. The fraction of sp³-hybridized carbons (Fsp3) is 0.583. The first-order valence-corrected chi connectivity index (χ1v) is 6.34. The van der Waals surface area contributed by atoms with Crippen LogP contribution >= 0.6 is 0 Å². The quantitative estimate of drug-likeness (QED) is 0.839. The fourth-order valence-corrected chi connectivity index (χ4v) is 2.83. The lowest BCUT2D eigenvalue weighted by atomic mass is 10.1. The number of carbonyl (C=O) groups is 2. The minimum Gasteiger partial charge on any atom is -0.478 e. The smallest absolute Gasteiger partial charge is 0.341 e. The van der Waals surface area contributed by atoms with Crippen LogP contribution in [0.25, 0.3) is 0 Å². The normalized spacial score (nSPS) is 23.7. The molecule has 1 amide bonds. The van der Waals surface area contributed by atoms with E-state index in [4.69, 9.17) is 9.63 Å². The van der Waals surface area contributed by atoms with Gasteiger partial charge in [0.1, 0.15) is 5.56 Å². The molecule has 1 aromatic rings. The zero-order chi connectivity index (χ0) is 13.4. The van der Waals surface area contributed by atoms with Crippen molar-refractivity contribution in [1.82, 2.24) is 15.0 Å². The number of carboxylic acid groups (broad SMARTS) is 1. The molecule has 0 bridgehead atoms. The summed E-state index contributed by atoms with van der Waals surface area (Å²) in [6.07, 6.45) is 2.74. The van der Waals surface area contributed by atoms with Crippen molar-refractivity contribution in [3.05, 3.63) is 17.5 Å². The Morgan fingerprint density at radius 3 is 3.16 bits per heavy atom. The molecule has 102 valence electrons. The van der Waals surface area contributed by atoms with Crippen molar-refractivity contribution in [2.24, 2.45) is 0 Å². The van der Waals surface area contributed by atoms with Crippen molar-refractivity contribution in [1.29, 1.82) is 0 Å². The maximum atomic E-state index is 11.6. The predicted octanol–water partition coefficient (Wildman–Crippen LogP) is 0.179. The van der Waals surface area contributed by atoms with E-state index in [1.165, 1.54) is 6.20 Å². The first-order chi connectivity index (χ1) is 9.15. The van der Waals surface area contributed by atoms with Gasteiger partial charge >= 0.3 is 5.97 Å². The average Bonchev–Trinajstić information content (AvgIpc) is 2.97. The number of piperazine rings is 1. The summed E-state index contributed by atoms with van der Waals surface area (Å²) in [5.41, 5.74) is 0.116. The molecule has 3 rings (SSSR count). The summed E-state index contributed by atoms with van der Waals surface area (Å²) < 4.78 is 5.01. The lowest BCUT2D eigenvalue weighted by Gasteiger charge is -2.37. The third-order valence-electron chi connectivity index (χ3n) is 3.82. The van der Waals surface area contributed by atoms with E-state index >= 15 is 0 Å². The van der Waals surface area contributed by atoms with Crippen LogP contribution in [-0.4, -0.2) is 57.6 Å². The molecular weight excluding hydrogens is 250 g/mol. The van der Waals surface area contributed by atoms with Gasteiger partial charge in [-0.15, -0.1) is 0 Å². The molecule has 0 aliphatic carbocycles. The topological polar surface area (TPSA) is 86.9 Å². The van der Waals surface area contributed by atoms with Crippen molar-refractivity contribution < 1.29 is 19.2 Å². The van der Waals surface area contributed by atoms with Gasteiger partial charge in [-0.1, -0.05) is 5.16 Å². The number of nitrogens with zero attached hydrogens (tertiary/aromatic N) is 3. The lowest BCUT2D eigenvalue weighted by molar-refractivity contribution is -0.130. The second-order valence-electron chi connectivity index (χ2n) is 4.98. The van der Waals surface area contributed by atoms with Crippen LogP contribution in [0.4, 0.5) is 0 Å². The molecule has 1 atom stereocenters. The maximum Gasteiger partial charge on any atom is 0.341 e. The van der Waals surface area contributed by atoms with Crippen molar-refractivity contribution in [3.63, 3.8) is 0 Å². The van der Waals surface area contributed by atoms with Gasteiger partial charge in [-0.2, -0.15) is 0 Å². The van der Waals surface area contributed by atoms with Crippen LogP contribution in [-0.2, 0) is 11.3 Å². The van der Waals surface area contributed by atoms with E-state index in [-0.39, 0.29) is 17.5 Å². The van der Waals surface area contributed by atoms with Crippen LogP contribution in [0.1, 0.15) is 29.0 Å². The zero-order valence-electron chi connectivity index (χ0n) is 10.4. The highest BCUT2D eigenvalue weighted by Crippen LogP contribution is 2.24. The van der Waals surface area contributed by atoms with Gasteiger partial charge in [0.15, 0.2) is 5.76 Å². The Hall–Kier alpha value is -1.89. The number of hydrogen-bond acceptors (Lipinski definition) is 5. The number of aromatic carboxylic acids is 1.